The van der Waals surface area contributed by atoms with Gasteiger partial charge in [0.15, 0.2) is 0 Å². The van der Waals surface area contributed by atoms with Gasteiger partial charge in [-0.2, -0.15) is 0 Å². The Hall–Kier alpha value is -1.10. The van der Waals surface area contributed by atoms with Crippen LogP contribution in [0.3, 0.4) is 0 Å². The van der Waals surface area contributed by atoms with Gasteiger partial charge in [-0.25, -0.2) is 0 Å². The van der Waals surface area contributed by atoms with Crippen LogP contribution in [0.4, 0.5) is 0 Å². The number of ether oxygens (including phenoxy) is 2. The minimum Gasteiger partial charge on any atom is -0.491 e. The van der Waals surface area contributed by atoms with E-state index in [0.717, 1.165) is 46.8 Å². The number of rotatable bonds is 11. The first kappa shape index (κ1) is 26.5. The molecule has 3 rings (SSSR count). The van der Waals surface area contributed by atoms with E-state index in [9.17, 15) is 10.2 Å². The Balaban J connectivity index is 1.57. The Morgan fingerprint density at radius 3 is 2.27 bits per heavy atom. The molecule has 0 spiro atoms. The molecule has 2 aromatic carbocycles. The molecule has 3 N–H and O–H groups in total. The zero-order chi connectivity index (χ0) is 23.8. The molecule has 33 heavy (non-hydrogen) atoms. The fourth-order valence-corrected chi connectivity index (χ4v) is 4.57. The summed E-state index contributed by atoms with van der Waals surface area (Å²) < 4.78 is 12.5. The first-order valence-corrected chi connectivity index (χ1v) is 12.9. The van der Waals surface area contributed by atoms with E-state index in [1.54, 1.807) is 0 Å². The third-order valence-electron chi connectivity index (χ3n) is 5.96. The smallest absolute Gasteiger partial charge is 0.132 e. The van der Waals surface area contributed by atoms with Gasteiger partial charge in [-0.15, -0.1) is 11.6 Å². The predicted molar refractivity (Wildman–Crippen MR) is 141 cm³/mol. The monoisotopic (exact) mass is 584 g/mol. The van der Waals surface area contributed by atoms with Gasteiger partial charge in [0, 0.05) is 38.1 Å². The SMILES string of the molecule is CC(C)(c1ccc(OC[C@@H](O)CN2CCNCC2)cc1)c1ccc(OC[C@H](O)CCl)c([123I])c1. The highest BCUT2D eigenvalue weighted by molar-refractivity contribution is 14.1. The maximum Gasteiger partial charge on any atom is 0.132 e. The minimum atomic E-state index is -0.678. The number of nitrogens with one attached hydrogen (secondary N) is 1. The lowest BCUT2D eigenvalue weighted by Crippen LogP contribution is -2.47. The summed E-state index contributed by atoms with van der Waals surface area (Å²) in [7, 11) is 0. The average Bonchev–Trinajstić information content (AvgIpc) is 2.82. The van der Waals surface area contributed by atoms with E-state index < -0.39 is 12.2 Å². The molecule has 1 saturated heterocycles. The quantitative estimate of drug-likeness (QED) is 0.278. The normalized spacial score (nSPS) is 16.9. The maximum absolute atomic E-state index is 10.3. The summed E-state index contributed by atoms with van der Waals surface area (Å²) in [5.74, 6) is 1.64. The van der Waals surface area contributed by atoms with Crippen LogP contribution in [0, 0.1) is 3.57 Å². The molecule has 0 aromatic heterocycles. The van der Waals surface area contributed by atoms with Gasteiger partial charge in [0.1, 0.15) is 36.9 Å². The number of aliphatic hydroxyl groups excluding tert-OH is 2. The number of nitrogens with zero attached hydrogens (tertiary/aromatic N) is 1. The van der Waals surface area contributed by atoms with E-state index in [1.807, 2.05) is 18.2 Å². The highest BCUT2D eigenvalue weighted by Crippen LogP contribution is 2.35. The van der Waals surface area contributed by atoms with Crippen molar-refractivity contribution in [2.75, 3.05) is 51.8 Å². The number of aliphatic hydroxyl groups is 2. The van der Waals surface area contributed by atoms with Crippen LogP contribution in [0.5, 0.6) is 11.5 Å². The van der Waals surface area contributed by atoms with Crippen LogP contribution in [-0.4, -0.2) is 79.1 Å². The van der Waals surface area contributed by atoms with Gasteiger partial charge in [0.2, 0.25) is 0 Å². The fourth-order valence-electron chi connectivity index (χ4n) is 3.81. The molecule has 1 fully saturated rings. The lowest BCUT2D eigenvalue weighted by molar-refractivity contribution is 0.0641. The Labute approximate surface area is 215 Å². The molecule has 8 heteroatoms. The van der Waals surface area contributed by atoms with Crippen molar-refractivity contribution in [3.05, 3.63) is 57.2 Å². The zero-order valence-corrected chi connectivity index (χ0v) is 22.2. The fraction of sp³-hybridized carbons (Fsp3) is 0.520. The van der Waals surface area contributed by atoms with Gasteiger partial charge < -0.3 is 25.0 Å². The Kier molecular flexibility index (Phi) is 10.1. The second kappa shape index (κ2) is 12.6. The van der Waals surface area contributed by atoms with Crippen LogP contribution >= 0.6 is 34.2 Å². The van der Waals surface area contributed by atoms with E-state index in [0.29, 0.717) is 6.54 Å². The van der Waals surface area contributed by atoms with E-state index in [2.05, 4.69) is 70.9 Å². The minimum absolute atomic E-state index is 0.149. The van der Waals surface area contributed by atoms with Crippen LogP contribution in [0.15, 0.2) is 42.5 Å². The number of β-amino-alcohol motifs (C(OH)–C–C–N with tert-alkyl or cyclic N) is 1. The zero-order valence-electron chi connectivity index (χ0n) is 19.3. The first-order chi connectivity index (χ1) is 15.8. The molecule has 2 atom stereocenters. The van der Waals surface area contributed by atoms with Crippen molar-refractivity contribution in [1.29, 1.82) is 0 Å². The van der Waals surface area contributed by atoms with Gasteiger partial charge in [0.05, 0.1) is 9.45 Å². The summed E-state index contributed by atoms with van der Waals surface area (Å²) in [5, 5.41) is 23.2. The summed E-state index contributed by atoms with van der Waals surface area (Å²) in [5.41, 5.74) is 2.12. The molecular weight excluding hydrogens is 551 g/mol. The third kappa shape index (κ3) is 7.70. The topological polar surface area (TPSA) is 74.2 Å². The molecule has 1 aliphatic rings. The Morgan fingerprint density at radius 1 is 1.00 bits per heavy atom. The summed E-state index contributed by atoms with van der Waals surface area (Å²) in [6, 6.07) is 14.2. The maximum atomic E-state index is 10.3. The van der Waals surface area contributed by atoms with Gasteiger partial charge in [-0.1, -0.05) is 32.0 Å². The van der Waals surface area contributed by atoms with Crippen LogP contribution < -0.4 is 14.8 Å². The van der Waals surface area contributed by atoms with E-state index in [-0.39, 0.29) is 24.5 Å². The summed E-state index contributed by atoms with van der Waals surface area (Å²) in [4.78, 5) is 2.26. The third-order valence-corrected chi connectivity index (χ3v) is 7.16. The van der Waals surface area contributed by atoms with Gasteiger partial charge >= 0.3 is 0 Å². The van der Waals surface area contributed by atoms with E-state index >= 15 is 0 Å². The summed E-state index contributed by atoms with van der Waals surface area (Å²) >= 11 is 7.90. The molecule has 6 nitrogen and oxygen atoms in total. The standard InChI is InChI=1S/C25H34ClIN2O4/c1-25(2,19-5-8-24(23(27)13-19)33-16-20(30)14-26)18-3-6-22(7-4-18)32-17-21(31)15-29-11-9-28-10-12-29/h3-8,13,20-21,28,30-31H,9-12,14-17H2,1-2H3/t20-,21+/m1/s1/i27-4. The molecular formula is C25H34ClIN2O4. The highest BCUT2D eigenvalue weighted by atomic mass is 123. The van der Waals surface area contributed by atoms with Crippen molar-refractivity contribution >= 4 is 34.2 Å². The lowest BCUT2D eigenvalue weighted by Gasteiger charge is -2.29. The van der Waals surface area contributed by atoms with Crippen LogP contribution in [0.1, 0.15) is 25.0 Å². The molecule has 0 unspecified atom stereocenters. The summed E-state index contributed by atoms with van der Waals surface area (Å²) in [6.07, 6.45) is -1.19. The molecule has 2 aromatic rings. The number of hydrogen-bond donors (Lipinski definition) is 3. The number of halogens is 2. The van der Waals surface area contributed by atoms with Crippen molar-refractivity contribution in [3.8, 4) is 11.5 Å². The molecule has 182 valence electrons. The molecule has 0 aliphatic carbocycles. The van der Waals surface area contributed by atoms with Crippen molar-refractivity contribution in [1.82, 2.24) is 10.2 Å². The number of alkyl halides is 1. The van der Waals surface area contributed by atoms with Crippen molar-refractivity contribution in [2.45, 2.75) is 31.5 Å². The number of piperazine rings is 1. The van der Waals surface area contributed by atoms with E-state index in [4.69, 9.17) is 21.1 Å². The van der Waals surface area contributed by atoms with Crippen molar-refractivity contribution in [2.24, 2.45) is 0 Å². The van der Waals surface area contributed by atoms with Crippen molar-refractivity contribution in [3.63, 3.8) is 0 Å². The Bertz CT molecular complexity index is 875. The molecule has 0 amide bonds. The molecule has 0 bridgehead atoms. The van der Waals surface area contributed by atoms with Gasteiger partial charge in [0.25, 0.3) is 0 Å². The number of benzene rings is 2. The van der Waals surface area contributed by atoms with E-state index in [1.165, 1.54) is 5.56 Å². The van der Waals surface area contributed by atoms with Gasteiger partial charge in [-0.3, -0.25) is 4.90 Å². The van der Waals surface area contributed by atoms with Crippen LogP contribution in [0.2, 0.25) is 0 Å². The Morgan fingerprint density at radius 2 is 1.64 bits per heavy atom. The number of hydrogen-bond acceptors (Lipinski definition) is 6. The second-order valence-corrected chi connectivity index (χ2v) is 10.4. The summed E-state index contributed by atoms with van der Waals surface area (Å²) in [6.45, 7) is 9.32. The van der Waals surface area contributed by atoms with Crippen LogP contribution in [0.25, 0.3) is 0 Å². The average molecular weight is 585 g/mol. The largest absolute Gasteiger partial charge is 0.491 e. The first-order valence-electron chi connectivity index (χ1n) is 11.3. The predicted octanol–water partition coefficient (Wildman–Crippen LogP) is 3.24. The highest BCUT2D eigenvalue weighted by Gasteiger charge is 2.24. The van der Waals surface area contributed by atoms with Crippen LogP contribution in [-0.2, 0) is 5.41 Å². The molecule has 0 saturated carbocycles. The second-order valence-electron chi connectivity index (χ2n) is 8.93. The molecule has 0 radical (unpaired) electrons. The molecule has 1 aliphatic heterocycles. The molecule has 1 heterocycles. The lowest BCUT2D eigenvalue weighted by atomic mass is 9.78. The van der Waals surface area contributed by atoms with Crippen molar-refractivity contribution < 1.29 is 19.7 Å². The van der Waals surface area contributed by atoms with Gasteiger partial charge in [-0.05, 0) is 58.0 Å².